The van der Waals surface area contributed by atoms with Gasteiger partial charge >= 0.3 is 5.97 Å². The highest BCUT2D eigenvalue weighted by Crippen LogP contribution is 2.32. The molecule has 1 atom stereocenters. The Morgan fingerprint density at radius 2 is 2.16 bits per heavy atom. The number of aromatic nitrogens is 2. The monoisotopic (exact) mass is 372 g/mol. The van der Waals surface area contributed by atoms with Crippen molar-refractivity contribution in [2.24, 2.45) is 0 Å². The van der Waals surface area contributed by atoms with Crippen LogP contribution in [-0.4, -0.2) is 25.9 Å². The van der Waals surface area contributed by atoms with E-state index in [1.807, 2.05) is 35.7 Å². The molecule has 0 spiro atoms. The summed E-state index contributed by atoms with van der Waals surface area (Å²) in [5.74, 6) is -0.944. The Balaban J connectivity index is 2.21. The third-order valence-electron chi connectivity index (χ3n) is 3.69. The topological polar surface area (TPSA) is 72.2 Å². The number of carbonyl (C=O) groups is 1. The summed E-state index contributed by atoms with van der Waals surface area (Å²) in [4.78, 5) is 29.4. The first-order valence-electron chi connectivity index (χ1n) is 7.60. The van der Waals surface area contributed by atoms with E-state index in [0.29, 0.717) is 15.4 Å². The van der Waals surface area contributed by atoms with E-state index in [1.54, 1.807) is 13.0 Å². The van der Waals surface area contributed by atoms with Crippen LogP contribution in [-0.2, 0) is 11.3 Å². The number of aliphatic carboxylic acids is 1. The van der Waals surface area contributed by atoms with Crippen LogP contribution >= 0.6 is 23.1 Å². The number of hydrogen-bond acceptors (Lipinski definition) is 5. The van der Waals surface area contributed by atoms with Crippen molar-refractivity contribution in [3.63, 3.8) is 0 Å². The fraction of sp³-hybridized carbons (Fsp3) is 0.167. The molecule has 128 valence electrons. The van der Waals surface area contributed by atoms with E-state index in [4.69, 9.17) is 5.11 Å². The molecule has 0 bridgehead atoms. The Labute approximate surface area is 152 Å². The molecular formula is C18H16N2O3S2. The number of benzene rings is 1. The lowest BCUT2D eigenvalue weighted by atomic mass is 10.1. The predicted octanol–water partition coefficient (Wildman–Crippen LogP) is 3.88. The molecule has 0 amide bonds. The maximum Gasteiger partial charge on any atom is 0.316 e. The van der Waals surface area contributed by atoms with Crippen molar-refractivity contribution in [3.05, 3.63) is 58.7 Å². The Hall–Kier alpha value is -2.38. The van der Waals surface area contributed by atoms with E-state index in [-0.39, 0.29) is 12.1 Å². The number of thioether (sulfide) groups is 1. The van der Waals surface area contributed by atoms with E-state index >= 15 is 0 Å². The highest BCUT2D eigenvalue weighted by Gasteiger charge is 2.20. The highest BCUT2D eigenvalue weighted by atomic mass is 32.2. The van der Waals surface area contributed by atoms with Crippen LogP contribution in [0.1, 0.15) is 6.92 Å². The van der Waals surface area contributed by atoms with Crippen LogP contribution in [0.2, 0.25) is 0 Å². The number of nitrogens with zero attached hydrogens (tertiary/aromatic N) is 2. The Morgan fingerprint density at radius 3 is 2.80 bits per heavy atom. The second-order valence-electron chi connectivity index (χ2n) is 5.39. The van der Waals surface area contributed by atoms with E-state index in [9.17, 15) is 9.59 Å². The van der Waals surface area contributed by atoms with Crippen molar-refractivity contribution < 1.29 is 9.90 Å². The molecule has 1 N–H and O–H groups in total. The zero-order valence-electron chi connectivity index (χ0n) is 13.5. The average Bonchev–Trinajstić information content (AvgIpc) is 3.03. The molecule has 0 radical (unpaired) electrons. The molecule has 0 fully saturated rings. The lowest BCUT2D eigenvalue weighted by Crippen LogP contribution is -2.24. The first kappa shape index (κ1) is 17.4. The molecule has 0 saturated carbocycles. The molecule has 0 aliphatic rings. The minimum atomic E-state index is -0.944. The van der Waals surface area contributed by atoms with Crippen LogP contribution in [0.4, 0.5) is 0 Å². The molecule has 5 nitrogen and oxygen atoms in total. The minimum absolute atomic E-state index is 0.176. The molecular weight excluding hydrogens is 356 g/mol. The summed E-state index contributed by atoms with van der Waals surface area (Å²) in [6.45, 7) is 5.54. The zero-order valence-corrected chi connectivity index (χ0v) is 15.1. The van der Waals surface area contributed by atoms with Crippen LogP contribution in [0.15, 0.2) is 58.3 Å². The standard InChI is InChI=1S/C18H16N2O3S2/c1-3-9-20-16(21)14-13(12-7-5-4-6-8-12)10-24-15(14)19-18(20)25-11(2)17(22)23/h3-8,10-11H,1,9H2,2H3,(H,22,23). The molecule has 1 aromatic carbocycles. The van der Waals surface area contributed by atoms with Gasteiger partial charge < -0.3 is 5.11 Å². The van der Waals surface area contributed by atoms with Gasteiger partial charge in [-0.15, -0.1) is 17.9 Å². The maximum atomic E-state index is 13.1. The van der Waals surface area contributed by atoms with Crippen LogP contribution in [0.5, 0.6) is 0 Å². The first-order valence-corrected chi connectivity index (χ1v) is 9.36. The van der Waals surface area contributed by atoms with Gasteiger partial charge in [-0.3, -0.25) is 14.2 Å². The molecule has 0 aliphatic carbocycles. The summed E-state index contributed by atoms with van der Waals surface area (Å²) in [6, 6.07) is 9.68. The fourth-order valence-electron chi connectivity index (χ4n) is 2.42. The first-order chi connectivity index (χ1) is 12.0. The largest absolute Gasteiger partial charge is 0.480 e. The van der Waals surface area contributed by atoms with Gasteiger partial charge in [-0.1, -0.05) is 48.2 Å². The molecule has 3 aromatic rings. The molecule has 0 aliphatic heterocycles. The Bertz CT molecular complexity index is 993. The molecule has 2 heterocycles. The van der Waals surface area contributed by atoms with Gasteiger partial charge in [0.2, 0.25) is 0 Å². The number of allylic oxidation sites excluding steroid dienone is 1. The minimum Gasteiger partial charge on any atom is -0.480 e. The van der Waals surface area contributed by atoms with Gasteiger partial charge in [0.25, 0.3) is 5.56 Å². The van der Waals surface area contributed by atoms with Crippen LogP contribution in [0.3, 0.4) is 0 Å². The summed E-state index contributed by atoms with van der Waals surface area (Å²) < 4.78 is 1.48. The zero-order chi connectivity index (χ0) is 18.0. The maximum absolute atomic E-state index is 13.1. The lowest BCUT2D eigenvalue weighted by Gasteiger charge is -2.12. The summed E-state index contributed by atoms with van der Waals surface area (Å²) in [5.41, 5.74) is 1.63. The summed E-state index contributed by atoms with van der Waals surface area (Å²) in [5, 5.41) is 11.3. The Morgan fingerprint density at radius 1 is 1.44 bits per heavy atom. The second-order valence-corrected chi connectivity index (χ2v) is 7.56. The number of hydrogen-bond donors (Lipinski definition) is 1. The van der Waals surface area contributed by atoms with Gasteiger partial charge in [0, 0.05) is 17.5 Å². The molecule has 3 rings (SSSR count). The van der Waals surface area contributed by atoms with Gasteiger partial charge in [-0.25, -0.2) is 4.98 Å². The van der Waals surface area contributed by atoms with Crippen LogP contribution in [0, 0.1) is 0 Å². The normalized spacial score (nSPS) is 12.2. The van der Waals surface area contributed by atoms with E-state index in [2.05, 4.69) is 11.6 Å². The highest BCUT2D eigenvalue weighted by molar-refractivity contribution is 8.00. The second kappa shape index (κ2) is 7.25. The van der Waals surface area contributed by atoms with Crippen molar-refractivity contribution in [1.29, 1.82) is 0 Å². The van der Waals surface area contributed by atoms with Crippen molar-refractivity contribution in [2.75, 3.05) is 0 Å². The molecule has 25 heavy (non-hydrogen) atoms. The third kappa shape index (κ3) is 3.38. The Kier molecular flexibility index (Phi) is 5.06. The summed E-state index contributed by atoms with van der Waals surface area (Å²) >= 11 is 2.45. The molecule has 1 unspecified atom stereocenters. The van der Waals surface area contributed by atoms with E-state index in [1.165, 1.54) is 15.9 Å². The van der Waals surface area contributed by atoms with Gasteiger partial charge in [-0.2, -0.15) is 0 Å². The number of carboxylic acid groups (broad SMARTS) is 1. The van der Waals surface area contributed by atoms with Crippen molar-refractivity contribution >= 4 is 39.3 Å². The van der Waals surface area contributed by atoms with Crippen LogP contribution < -0.4 is 5.56 Å². The van der Waals surface area contributed by atoms with Crippen molar-refractivity contribution in [1.82, 2.24) is 9.55 Å². The van der Waals surface area contributed by atoms with E-state index in [0.717, 1.165) is 22.9 Å². The van der Waals surface area contributed by atoms with E-state index < -0.39 is 11.2 Å². The predicted molar refractivity (Wildman–Crippen MR) is 102 cm³/mol. The van der Waals surface area contributed by atoms with Crippen LogP contribution in [0.25, 0.3) is 21.3 Å². The SMILES string of the molecule is C=CCn1c(SC(C)C(=O)O)nc2scc(-c3ccccc3)c2c1=O. The van der Waals surface area contributed by atoms with Gasteiger partial charge in [-0.05, 0) is 12.5 Å². The number of rotatable bonds is 6. The number of fused-ring (bicyclic) bond motifs is 1. The third-order valence-corrected chi connectivity index (χ3v) is 5.64. The summed E-state index contributed by atoms with van der Waals surface area (Å²) in [6.07, 6.45) is 1.61. The summed E-state index contributed by atoms with van der Waals surface area (Å²) in [7, 11) is 0. The average molecular weight is 372 g/mol. The fourth-order valence-corrected chi connectivity index (χ4v) is 4.27. The number of thiophene rings is 1. The van der Waals surface area contributed by atoms with Gasteiger partial charge in [0.15, 0.2) is 5.16 Å². The van der Waals surface area contributed by atoms with Gasteiger partial charge in [0.1, 0.15) is 10.1 Å². The molecule has 7 heteroatoms. The van der Waals surface area contributed by atoms with Crippen molar-refractivity contribution in [2.45, 2.75) is 23.9 Å². The number of carboxylic acids is 1. The van der Waals surface area contributed by atoms with Crippen molar-refractivity contribution in [3.8, 4) is 11.1 Å². The quantitative estimate of drug-likeness (QED) is 0.404. The van der Waals surface area contributed by atoms with Gasteiger partial charge in [0.05, 0.1) is 5.39 Å². The molecule has 2 aromatic heterocycles. The smallest absolute Gasteiger partial charge is 0.316 e. The lowest BCUT2D eigenvalue weighted by molar-refractivity contribution is -0.136. The molecule has 0 saturated heterocycles.